The standard InChI is InChI=1S/C47H42F2N4O8/c1-25-26(2)50-16-15-37(25)30-7-5-29(6-8-30)17-39(47(56)57)52-45(54)40-19-32-20-41-42(21-33(32)22-53(40)46(55)44-27(3)60-28(4)51-44)61-43(24-59-41)31-9-12-36(13-10-31)58-23-34-18-35(48)11-14-38(34)49/h5-16,18,20-21,39-40,43H,17,19,22-24H2,1-4H3,(H,52,54)(H,56,57)/t39?,40-,43+/m0/s1. The van der Waals surface area contributed by atoms with Crippen LogP contribution in [0.2, 0.25) is 0 Å². The van der Waals surface area contributed by atoms with Crippen LogP contribution in [0.1, 0.15) is 67.3 Å². The number of benzene rings is 4. The van der Waals surface area contributed by atoms with Crippen molar-refractivity contribution < 1.29 is 46.9 Å². The van der Waals surface area contributed by atoms with Crippen molar-refractivity contribution in [3.63, 3.8) is 0 Å². The maximum atomic E-state index is 14.2. The molecule has 3 atom stereocenters. The van der Waals surface area contributed by atoms with Crippen molar-refractivity contribution in [1.29, 1.82) is 0 Å². The van der Waals surface area contributed by atoms with Crippen LogP contribution >= 0.6 is 0 Å². The van der Waals surface area contributed by atoms with Crippen LogP contribution in [0, 0.1) is 39.3 Å². The van der Waals surface area contributed by atoms with Gasteiger partial charge in [-0.25, -0.2) is 18.6 Å². The second-order valence-corrected chi connectivity index (χ2v) is 15.2. The van der Waals surface area contributed by atoms with Crippen molar-refractivity contribution in [2.24, 2.45) is 0 Å². The molecule has 6 aromatic rings. The van der Waals surface area contributed by atoms with Gasteiger partial charge in [-0.3, -0.25) is 14.6 Å². The zero-order valence-electron chi connectivity index (χ0n) is 33.8. The Morgan fingerprint density at radius 1 is 0.934 bits per heavy atom. The molecule has 8 rings (SSSR count). The molecule has 1 unspecified atom stereocenters. The van der Waals surface area contributed by atoms with E-state index in [0.29, 0.717) is 34.1 Å². The lowest BCUT2D eigenvalue weighted by atomic mass is 9.91. The Balaban J connectivity index is 0.996. The highest BCUT2D eigenvalue weighted by Gasteiger charge is 2.39. The molecule has 4 heterocycles. The molecule has 0 fully saturated rings. The molecule has 312 valence electrons. The Hall–Kier alpha value is -7.09. The number of carboxylic acids is 1. The van der Waals surface area contributed by atoms with Crippen LogP contribution in [0.25, 0.3) is 11.1 Å². The molecular formula is C47H42F2N4O8. The SMILES string of the molecule is Cc1nc(C(=O)N2Cc3cc4c(cc3C[C@H]2C(=O)NC(Cc2ccc(-c3ccnc(C)c3C)cc2)C(=O)O)OC[C@H](c2ccc(OCc3cc(F)ccc3F)cc2)O4)c(C)o1. The van der Waals surface area contributed by atoms with Crippen molar-refractivity contribution in [3.05, 3.63) is 159 Å². The number of aromatic nitrogens is 2. The number of aryl methyl sites for hydroxylation is 3. The summed E-state index contributed by atoms with van der Waals surface area (Å²) < 4.78 is 51.5. The lowest BCUT2D eigenvalue weighted by molar-refractivity contribution is -0.142. The van der Waals surface area contributed by atoms with E-state index in [1.807, 2.05) is 44.2 Å². The second-order valence-electron chi connectivity index (χ2n) is 15.2. The summed E-state index contributed by atoms with van der Waals surface area (Å²) in [4.78, 5) is 51.0. The first-order valence-corrected chi connectivity index (χ1v) is 19.7. The van der Waals surface area contributed by atoms with Crippen LogP contribution in [0.4, 0.5) is 8.78 Å². The Labute approximate surface area is 350 Å². The molecule has 2 aromatic heterocycles. The van der Waals surface area contributed by atoms with Gasteiger partial charge in [0.05, 0.1) is 0 Å². The number of amides is 2. The van der Waals surface area contributed by atoms with E-state index in [-0.39, 0.29) is 49.7 Å². The van der Waals surface area contributed by atoms with Crippen LogP contribution in [0.3, 0.4) is 0 Å². The van der Waals surface area contributed by atoms with E-state index in [4.69, 9.17) is 18.6 Å². The third-order valence-electron chi connectivity index (χ3n) is 11.2. The molecule has 0 radical (unpaired) electrons. The van der Waals surface area contributed by atoms with Crippen LogP contribution in [-0.2, 0) is 35.6 Å². The lowest BCUT2D eigenvalue weighted by Crippen LogP contribution is -2.56. The quantitative estimate of drug-likeness (QED) is 0.133. The maximum Gasteiger partial charge on any atom is 0.326 e. The molecule has 2 aliphatic heterocycles. The van der Waals surface area contributed by atoms with Gasteiger partial charge in [-0.05, 0) is 108 Å². The molecule has 0 bridgehead atoms. The summed E-state index contributed by atoms with van der Waals surface area (Å²) in [6.45, 7) is 7.20. The number of hydrogen-bond donors (Lipinski definition) is 2. The average Bonchev–Trinajstić information content (AvgIpc) is 3.60. The Bertz CT molecular complexity index is 2650. The number of halogens is 2. The third kappa shape index (κ3) is 8.65. The minimum absolute atomic E-state index is 0.00997. The van der Waals surface area contributed by atoms with Gasteiger partial charge in [-0.1, -0.05) is 36.4 Å². The zero-order valence-corrected chi connectivity index (χ0v) is 33.8. The first-order valence-electron chi connectivity index (χ1n) is 19.7. The summed E-state index contributed by atoms with van der Waals surface area (Å²) in [6.07, 6.45) is 1.32. The fourth-order valence-corrected chi connectivity index (χ4v) is 7.70. The molecule has 0 saturated heterocycles. The number of ether oxygens (including phenoxy) is 3. The normalized spacial score (nSPS) is 16.1. The Morgan fingerprint density at radius 3 is 2.41 bits per heavy atom. The van der Waals surface area contributed by atoms with E-state index in [1.165, 1.54) is 4.90 Å². The highest BCUT2D eigenvalue weighted by Crippen LogP contribution is 2.41. The third-order valence-corrected chi connectivity index (χ3v) is 11.2. The number of carbonyl (C=O) groups is 3. The lowest BCUT2D eigenvalue weighted by Gasteiger charge is -2.37. The van der Waals surface area contributed by atoms with E-state index in [2.05, 4.69) is 15.3 Å². The van der Waals surface area contributed by atoms with Gasteiger partial charge in [0, 0.05) is 43.8 Å². The van der Waals surface area contributed by atoms with Crippen molar-refractivity contribution in [2.45, 2.75) is 71.9 Å². The number of nitrogens with one attached hydrogen (secondary N) is 1. The number of carboxylic acid groups (broad SMARTS) is 1. The highest BCUT2D eigenvalue weighted by atomic mass is 19.1. The largest absolute Gasteiger partial charge is 0.489 e. The maximum absolute atomic E-state index is 14.2. The van der Waals surface area contributed by atoms with Crippen molar-refractivity contribution in [1.82, 2.24) is 20.2 Å². The molecule has 14 heteroatoms. The topological polar surface area (TPSA) is 153 Å². The first-order chi connectivity index (χ1) is 29.3. The van der Waals surface area contributed by atoms with Crippen LogP contribution in [-0.4, -0.2) is 56.4 Å². The summed E-state index contributed by atoms with van der Waals surface area (Å²) >= 11 is 0. The molecular weight excluding hydrogens is 787 g/mol. The number of rotatable bonds is 11. The summed E-state index contributed by atoms with van der Waals surface area (Å²) in [5, 5.41) is 13.0. The molecule has 2 amide bonds. The number of nitrogens with zero attached hydrogens (tertiary/aromatic N) is 3. The highest BCUT2D eigenvalue weighted by molar-refractivity contribution is 5.98. The number of hydrogen-bond acceptors (Lipinski definition) is 9. The molecule has 2 aliphatic rings. The number of fused-ring (bicyclic) bond motifs is 2. The molecule has 12 nitrogen and oxygen atoms in total. The minimum atomic E-state index is -1.29. The van der Waals surface area contributed by atoms with Crippen molar-refractivity contribution >= 4 is 17.8 Å². The van der Waals surface area contributed by atoms with Crippen LogP contribution in [0.15, 0.2) is 95.5 Å². The van der Waals surface area contributed by atoms with Gasteiger partial charge in [0.1, 0.15) is 48.4 Å². The van der Waals surface area contributed by atoms with Gasteiger partial charge in [-0.2, -0.15) is 0 Å². The number of pyridine rings is 1. The molecule has 61 heavy (non-hydrogen) atoms. The summed E-state index contributed by atoms with van der Waals surface area (Å²) in [5.41, 5.74) is 7.04. The number of aliphatic carboxylic acids is 1. The Morgan fingerprint density at radius 2 is 1.69 bits per heavy atom. The average molecular weight is 829 g/mol. The van der Waals surface area contributed by atoms with Gasteiger partial charge < -0.3 is 34.0 Å². The van der Waals surface area contributed by atoms with E-state index in [9.17, 15) is 28.3 Å². The van der Waals surface area contributed by atoms with Gasteiger partial charge >= 0.3 is 5.97 Å². The van der Waals surface area contributed by atoms with Gasteiger partial charge in [0.15, 0.2) is 29.2 Å². The summed E-state index contributed by atoms with van der Waals surface area (Å²) in [6, 6.07) is 20.9. The van der Waals surface area contributed by atoms with Crippen molar-refractivity contribution in [3.8, 4) is 28.4 Å². The summed E-state index contributed by atoms with van der Waals surface area (Å²) in [7, 11) is 0. The summed E-state index contributed by atoms with van der Waals surface area (Å²) in [5.74, 6) is -1.58. The van der Waals surface area contributed by atoms with E-state index in [0.717, 1.165) is 51.7 Å². The molecule has 0 aliphatic carbocycles. The predicted octanol–water partition coefficient (Wildman–Crippen LogP) is 7.72. The molecule has 0 saturated carbocycles. The van der Waals surface area contributed by atoms with E-state index < -0.39 is 47.6 Å². The molecule has 4 aromatic carbocycles. The first kappa shape index (κ1) is 40.7. The van der Waals surface area contributed by atoms with E-state index >= 15 is 0 Å². The number of oxazole rings is 1. The van der Waals surface area contributed by atoms with Gasteiger partial charge in [0.25, 0.3) is 5.91 Å². The Kier molecular flexibility index (Phi) is 11.3. The number of carbonyl (C=O) groups excluding carboxylic acids is 2. The van der Waals surface area contributed by atoms with Crippen LogP contribution < -0.4 is 19.5 Å². The zero-order chi connectivity index (χ0) is 42.9. The molecule has 0 spiro atoms. The second kappa shape index (κ2) is 16.9. The monoisotopic (exact) mass is 828 g/mol. The predicted molar refractivity (Wildman–Crippen MR) is 218 cm³/mol. The minimum Gasteiger partial charge on any atom is -0.489 e. The van der Waals surface area contributed by atoms with Gasteiger partial charge in [0.2, 0.25) is 5.91 Å². The smallest absolute Gasteiger partial charge is 0.326 e. The molecule has 2 N–H and O–H groups in total. The van der Waals surface area contributed by atoms with E-state index in [1.54, 1.807) is 56.4 Å². The fourth-order valence-electron chi connectivity index (χ4n) is 7.70. The fraction of sp³-hybridized carbons (Fsp3) is 0.255. The van der Waals surface area contributed by atoms with Crippen molar-refractivity contribution in [2.75, 3.05) is 6.61 Å². The van der Waals surface area contributed by atoms with Crippen LogP contribution in [0.5, 0.6) is 17.2 Å². The van der Waals surface area contributed by atoms with Gasteiger partial charge in [-0.15, -0.1) is 0 Å².